The zero-order valence-electron chi connectivity index (χ0n) is 34.2. The molecule has 0 spiro atoms. The molecule has 0 heterocycles. The van der Waals surface area contributed by atoms with Gasteiger partial charge in [0.1, 0.15) is 6.10 Å². The van der Waals surface area contributed by atoms with Crippen molar-refractivity contribution in [3.05, 3.63) is 0 Å². The number of carboxylic acids is 1. The lowest BCUT2D eigenvalue weighted by atomic mass is 10.0. The van der Waals surface area contributed by atoms with Crippen molar-refractivity contribution in [2.24, 2.45) is 0 Å². The third kappa shape index (κ3) is 41.4. The molecule has 0 aromatic heterocycles. The average molecular weight is 707 g/mol. The fourth-order valence-corrected chi connectivity index (χ4v) is 7.44. The molecule has 0 amide bonds. The topological polar surface area (TPSA) is 63.6 Å². The first kappa shape index (κ1) is 48.9. The predicted molar refractivity (Wildman–Crippen MR) is 218 cm³/mol. The van der Waals surface area contributed by atoms with Crippen molar-refractivity contribution in [1.29, 1.82) is 0 Å². The van der Waals surface area contributed by atoms with Gasteiger partial charge < -0.3 is 9.84 Å². The van der Waals surface area contributed by atoms with Crippen LogP contribution in [-0.2, 0) is 14.3 Å². The Morgan fingerprint density at radius 3 is 0.880 bits per heavy atom. The summed E-state index contributed by atoms with van der Waals surface area (Å²) in [6, 6.07) is 0. The monoisotopic (exact) mass is 707 g/mol. The lowest BCUT2D eigenvalue weighted by Crippen LogP contribution is -2.21. The van der Waals surface area contributed by atoms with Crippen LogP contribution in [0.3, 0.4) is 0 Å². The van der Waals surface area contributed by atoms with E-state index in [0.29, 0.717) is 12.8 Å². The molecule has 0 rings (SSSR count). The molecule has 0 fully saturated rings. The van der Waals surface area contributed by atoms with Gasteiger partial charge in [0.05, 0.1) is 6.42 Å². The van der Waals surface area contributed by atoms with Crippen LogP contribution < -0.4 is 0 Å². The normalized spacial score (nSPS) is 12.0. The summed E-state index contributed by atoms with van der Waals surface area (Å²) in [4.78, 5) is 23.7. The second-order valence-corrected chi connectivity index (χ2v) is 16.0. The van der Waals surface area contributed by atoms with E-state index in [-0.39, 0.29) is 12.4 Å². The molecular formula is C46H90O4. The van der Waals surface area contributed by atoms with Crippen molar-refractivity contribution in [2.45, 2.75) is 283 Å². The standard InChI is InChI=1S/C46H90O4/c1-3-5-7-9-11-13-15-17-19-21-22-23-24-26-28-30-32-34-36-38-40-42-46(49)50-44(43-45(47)48)41-39-37-35-33-31-29-27-25-20-18-16-14-12-10-8-6-4-2/h44H,3-43H2,1-2H3,(H,47,48). The molecule has 0 saturated carbocycles. The molecule has 4 heteroatoms. The Labute approximate surface area is 313 Å². The molecule has 1 N–H and O–H groups in total. The van der Waals surface area contributed by atoms with Gasteiger partial charge in [-0.2, -0.15) is 0 Å². The minimum Gasteiger partial charge on any atom is -0.481 e. The van der Waals surface area contributed by atoms with Crippen LogP contribution in [-0.4, -0.2) is 23.1 Å². The maximum atomic E-state index is 12.4. The fourth-order valence-electron chi connectivity index (χ4n) is 7.44. The van der Waals surface area contributed by atoms with Crippen LogP contribution in [0.1, 0.15) is 277 Å². The van der Waals surface area contributed by atoms with Gasteiger partial charge in [0.25, 0.3) is 0 Å². The van der Waals surface area contributed by atoms with E-state index in [1.54, 1.807) is 0 Å². The SMILES string of the molecule is CCCCCCCCCCCCCCCCCCCCCCCC(=O)OC(CCCCCCCCCCCCCCCCCCC)CC(=O)O. The first-order valence-electron chi connectivity index (χ1n) is 23.0. The molecule has 0 bridgehead atoms. The van der Waals surface area contributed by atoms with Crippen LogP contribution >= 0.6 is 0 Å². The molecule has 0 aromatic rings. The molecule has 0 aliphatic heterocycles. The summed E-state index contributed by atoms with van der Waals surface area (Å²) in [5.74, 6) is -1.08. The fraction of sp³-hybridized carbons (Fsp3) is 0.957. The number of hydrogen-bond acceptors (Lipinski definition) is 3. The van der Waals surface area contributed by atoms with Crippen molar-refractivity contribution in [1.82, 2.24) is 0 Å². The Hall–Kier alpha value is -1.06. The third-order valence-electron chi connectivity index (χ3n) is 10.8. The highest BCUT2D eigenvalue weighted by molar-refractivity contribution is 5.71. The number of hydrogen-bond donors (Lipinski definition) is 1. The van der Waals surface area contributed by atoms with E-state index in [4.69, 9.17) is 4.74 Å². The number of aliphatic carboxylic acids is 1. The Kier molecular flexibility index (Phi) is 41.5. The van der Waals surface area contributed by atoms with E-state index in [1.165, 1.54) is 218 Å². The molecule has 0 aromatic carbocycles. The van der Waals surface area contributed by atoms with E-state index in [9.17, 15) is 14.7 Å². The Morgan fingerprint density at radius 2 is 0.620 bits per heavy atom. The lowest BCUT2D eigenvalue weighted by molar-refractivity contribution is -0.153. The predicted octanol–water partition coefficient (Wildman–Crippen LogP) is 16.0. The molecule has 0 aliphatic carbocycles. The third-order valence-corrected chi connectivity index (χ3v) is 10.8. The molecular weight excluding hydrogens is 617 g/mol. The summed E-state index contributed by atoms with van der Waals surface area (Å²) in [5, 5.41) is 9.31. The van der Waals surface area contributed by atoms with Crippen LogP contribution in [0.4, 0.5) is 0 Å². The molecule has 0 saturated heterocycles. The van der Waals surface area contributed by atoms with Gasteiger partial charge in [0, 0.05) is 6.42 Å². The lowest BCUT2D eigenvalue weighted by Gasteiger charge is -2.16. The number of rotatable bonds is 43. The van der Waals surface area contributed by atoms with Crippen molar-refractivity contribution in [2.75, 3.05) is 0 Å². The van der Waals surface area contributed by atoms with Crippen LogP contribution in [0.2, 0.25) is 0 Å². The number of carboxylic acid groups (broad SMARTS) is 1. The largest absolute Gasteiger partial charge is 0.481 e. The summed E-state index contributed by atoms with van der Waals surface area (Å²) in [7, 11) is 0. The van der Waals surface area contributed by atoms with E-state index in [1.807, 2.05) is 0 Å². The first-order valence-corrected chi connectivity index (χ1v) is 23.0. The van der Waals surface area contributed by atoms with Gasteiger partial charge in [-0.05, 0) is 19.3 Å². The van der Waals surface area contributed by atoms with Crippen LogP contribution in [0.5, 0.6) is 0 Å². The summed E-state index contributed by atoms with van der Waals surface area (Å²) >= 11 is 0. The zero-order chi connectivity index (χ0) is 36.4. The van der Waals surface area contributed by atoms with Crippen molar-refractivity contribution in [3.63, 3.8) is 0 Å². The van der Waals surface area contributed by atoms with Crippen LogP contribution in [0.25, 0.3) is 0 Å². The smallest absolute Gasteiger partial charge is 0.307 e. The Morgan fingerprint density at radius 1 is 0.380 bits per heavy atom. The molecule has 1 unspecified atom stereocenters. The van der Waals surface area contributed by atoms with Gasteiger partial charge in [-0.25, -0.2) is 0 Å². The first-order chi connectivity index (χ1) is 24.6. The average Bonchev–Trinajstić information content (AvgIpc) is 3.10. The summed E-state index contributed by atoms with van der Waals surface area (Å²) in [5.41, 5.74) is 0. The zero-order valence-corrected chi connectivity index (χ0v) is 34.2. The molecule has 0 radical (unpaired) electrons. The van der Waals surface area contributed by atoms with Crippen molar-refractivity contribution >= 4 is 11.9 Å². The number of carbonyl (C=O) groups excluding carboxylic acids is 1. The minimum absolute atomic E-state index is 0.0656. The summed E-state index contributed by atoms with van der Waals surface area (Å²) in [6.07, 6.45) is 51.5. The van der Waals surface area contributed by atoms with Gasteiger partial charge in [-0.15, -0.1) is 0 Å². The summed E-state index contributed by atoms with van der Waals surface area (Å²) < 4.78 is 5.61. The van der Waals surface area contributed by atoms with E-state index >= 15 is 0 Å². The number of esters is 1. The van der Waals surface area contributed by atoms with Gasteiger partial charge >= 0.3 is 11.9 Å². The van der Waals surface area contributed by atoms with Gasteiger partial charge in [0.2, 0.25) is 0 Å². The number of carbonyl (C=O) groups is 2. The van der Waals surface area contributed by atoms with Crippen molar-refractivity contribution < 1.29 is 19.4 Å². The van der Waals surface area contributed by atoms with E-state index in [2.05, 4.69) is 13.8 Å². The second-order valence-electron chi connectivity index (χ2n) is 16.0. The molecule has 0 aliphatic rings. The quantitative estimate of drug-likeness (QED) is 0.0506. The summed E-state index contributed by atoms with van der Waals surface area (Å²) in [6.45, 7) is 4.57. The minimum atomic E-state index is -0.871. The highest BCUT2D eigenvalue weighted by Crippen LogP contribution is 2.18. The number of unbranched alkanes of at least 4 members (excludes halogenated alkanes) is 36. The van der Waals surface area contributed by atoms with Gasteiger partial charge in [-0.1, -0.05) is 245 Å². The molecule has 50 heavy (non-hydrogen) atoms. The maximum Gasteiger partial charge on any atom is 0.307 e. The highest BCUT2D eigenvalue weighted by Gasteiger charge is 2.17. The maximum absolute atomic E-state index is 12.4. The molecule has 1 atom stereocenters. The van der Waals surface area contributed by atoms with Gasteiger partial charge in [0.15, 0.2) is 0 Å². The second kappa shape index (κ2) is 42.4. The Balaban J connectivity index is 3.53. The highest BCUT2D eigenvalue weighted by atomic mass is 16.5. The van der Waals surface area contributed by atoms with Crippen LogP contribution in [0.15, 0.2) is 0 Å². The van der Waals surface area contributed by atoms with Gasteiger partial charge in [-0.3, -0.25) is 9.59 Å². The number of ether oxygens (including phenoxy) is 1. The van der Waals surface area contributed by atoms with Crippen LogP contribution in [0, 0.1) is 0 Å². The molecule has 298 valence electrons. The molecule has 4 nitrogen and oxygen atoms in total. The van der Waals surface area contributed by atoms with E-state index in [0.717, 1.165) is 25.7 Å². The van der Waals surface area contributed by atoms with E-state index < -0.39 is 12.1 Å². The Bertz CT molecular complexity index is 677. The van der Waals surface area contributed by atoms with Crippen molar-refractivity contribution in [3.8, 4) is 0 Å².